The number of hydrogen-bond donors (Lipinski definition) is 3. The molecule has 0 aliphatic heterocycles. The van der Waals surface area contributed by atoms with Crippen molar-refractivity contribution in [3.8, 4) is 5.88 Å². The highest BCUT2D eigenvalue weighted by Crippen LogP contribution is 2.26. The second-order valence-corrected chi connectivity index (χ2v) is 5.40. The summed E-state index contributed by atoms with van der Waals surface area (Å²) in [5.74, 6) is -1.19. The van der Waals surface area contributed by atoms with Gasteiger partial charge in [-0.3, -0.25) is 9.79 Å². The van der Waals surface area contributed by atoms with Gasteiger partial charge in [0.15, 0.2) is 5.88 Å². The Morgan fingerprint density at radius 3 is 2.88 bits per heavy atom. The minimum Gasteiger partial charge on any atom is -0.494 e. The van der Waals surface area contributed by atoms with Crippen molar-refractivity contribution in [1.82, 2.24) is 9.97 Å². The molecule has 2 heterocycles. The Bertz CT molecular complexity index is 1020. The molecule has 0 unspecified atom stereocenters. The first-order chi connectivity index (χ1) is 12.5. The van der Waals surface area contributed by atoms with E-state index in [2.05, 4.69) is 15.0 Å². The predicted octanol–water partition coefficient (Wildman–Crippen LogP) is 2.29. The average molecular weight is 352 g/mol. The maximum Gasteiger partial charge on any atom is 0.339 e. The lowest BCUT2D eigenvalue weighted by Crippen LogP contribution is -2.10. The monoisotopic (exact) mass is 352 g/mol. The van der Waals surface area contributed by atoms with Crippen LogP contribution in [0.1, 0.15) is 33.2 Å². The van der Waals surface area contributed by atoms with Gasteiger partial charge in [0.05, 0.1) is 23.4 Å². The molecule has 0 spiro atoms. The van der Waals surface area contributed by atoms with Crippen LogP contribution in [0, 0.1) is 0 Å². The molecule has 26 heavy (non-hydrogen) atoms. The number of carbonyl (C=O) groups excluding carboxylic acids is 2. The quantitative estimate of drug-likeness (QED) is 0.479. The molecule has 0 bridgehead atoms. The van der Waals surface area contributed by atoms with Crippen LogP contribution in [0.25, 0.3) is 11.0 Å². The number of fused-ring (bicyclic) bond motifs is 1. The Balaban J connectivity index is 2.00. The Labute approximate surface area is 148 Å². The molecular weight excluding hydrogens is 336 g/mol. The highest BCUT2D eigenvalue weighted by atomic mass is 16.5. The number of amides is 1. The second-order valence-electron chi connectivity index (χ2n) is 5.40. The molecule has 0 aliphatic carbocycles. The second kappa shape index (κ2) is 7.06. The number of nitrogens with two attached hydrogens (primary N) is 1. The van der Waals surface area contributed by atoms with Crippen molar-refractivity contribution in [2.45, 2.75) is 6.92 Å². The van der Waals surface area contributed by atoms with Gasteiger partial charge >= 0.3 is 5.97 Å². The number of aromatic hydroxyl groups is 1. The first-order valence-corrected chi connectivity index (χ1v) is 7.81. The Morgan fingerprint density at radius 1 is 1.35 bits per heavy atom. The molecule has 0 fully saturated rings. The molecule has 8 heteroatoms. The Hall–Kier alpha value is -3.68. The number of carbonyl (C=O) groups is 2. The summed E-state index contributed by atoms with van der Waals surface area (Å²) >= 11 is 0. The van der Waals surface area contributed by atoms with Crippen molar-refractivity contribution in [2.24, 2.45) is 10.7 Å². The molecule has 2 aromatic heterocycles. The number of aromatic nitrogens is 2. The zero-order chi connectivity index (χ0) is 18.7. The maximum atomic E-state index is 11.9. The lowest BCUT2D eigenvalue weighted by Gasteiger charge is -2.01. The average Bonchev–Trinajstić information content (AvgIpc) is 2.94. The van der Waals surface area contributed by atoms with Gasteiger partial charge in [-0.15, -0.1) is 0 Å². The third kappa shape index (κ3) is 3.39. The number of H-pyrrole nitrogens is 1. The first-order valence-electron chi connectivity index (χ1n) is 7.81. The van der Waals surface area contributed by atoms with Gasteiger partial charge in [-0.2, -0.15) is 0 Å². The van der Waals surface area contributed by atoms with Crippen molar-refractivity contribution in [3.05, 3.63) is 53.2 Å². The number of hydrogen-bond acceptors (Lipinski definition) is 6. The molecule has 0 saturated heterocycles. The zero-order valence-electron chi connectivity index (χ0n) is 13.9. The first kappa shape index (κ1) is 17.2. The van der Waals surface area contributed by atoms with Crippen LogP contribution < -0.4 is 5.73 Å². The smallest absolute Gasteiger partial charge is 0.339 e. The maximum absolute atomic E-state index is 11.9. The predicted molar refractivity (Wildman–Crippen MR) is 95.9 cm³/mol. The SMILES string of the molecule is CCOC(=O)c1cnc2[nH]c(O)c(C=Nc3cccc(C(N)=O)c3)c2c1. The van der Waals surface area contributed by atoms with Crippen LogP contribution in [0.4, 0.5) is 5.69 Å². The summed E-state index contributed by atoms with van der Waals surface area (Å²) in [6, 6.07) is 8.03. The van der Waals surface area contributed by atoms with Crippen molar-refractivity contribution in [3.63, 3.8) is 0 Å². The number of benzene rings is 1. The van der Waals surface area contributed by atoms with Crippen LogP contribution in [0.3, 0.4) is 0 Å². The Kier molecular flexibility index (Phi) is 4.66. The van der Waals surface area contributed by atoms with Crippen molar-refractivity contribution in [1.29, 1.82) is 0 Å². The number of ether oxygens (including phenoxy) is 1. The summed E-state index contributed by atoms with van der Waals surface area (Å²) in [6.07, 6.45) is 2.79. The fourth-order valence-corrected chi connectivity index (χ4v) is 2.41. The number of aromatic amines is 1. The van der Waals surface area contributed by atoms with Gasteiger partial charge in [-0.05, 0) is 31.2 Å². The molecule has 1 amide bonds. The zero-order valence-corrected chi connectivity index (χ0v) is 13.9. The van der Waals surface area contributed by atoms with E-state index in [0.29, 0.717) is 27.8 Å². The number of pyridine rings is 1. The third-order valence-corrected chi connectivity index (χ3v) is 3.65. The number of nitrogens with zero attached hydrogens (tertiary/aromatic N) is 2. The van der Waals surface area contributed by atoms with E-state index >= 15 is 0 Å². The molecule has 3 aromatic rings. The lowest BCUT2D eigenvalue weighted by molar-refractivity contribution is 0.0526. The minimum atomic E-state index is -0.555. The van der Waals surface area contributed by atoms with Crippen LogP contribution in [-0.2, 0) is 4.74 Å². The molecule has 1 aromatic carbocycles. The normalized spacial score (nSPS) is 11.1. The Morgan fingerprint density at radius 2 is 2.15 bits per heavy atom. The van der Waals surface area contributed by atoms with E-state index in [1.165, 1.54) is 18.5 Å². The minimum absolute atomic E-state index is 0.136. The van der Waals surface area contributed by atoms with E-state index in [-0.39, 0.29) is 18.1 Å². The van der Waals surface area contributed by atoms with Crippen molar-refractivity contribution >= 4 is 34.8 Å². The van der Waals surface area contributed by atoms with E-state index in [1.54, 1.807) is 31.2 Å². The van der Waals surface area contributed by atoms with Crippen LogP contribution in [-0.4, -0.2) is 39.8 Å². The highest BCUT2D eigenvalue weighted by Gasteiger charge is 2.14. The number of nitrogens with one attached hydrogen (secondary N) is 1. The van der Waals surface area contributed by atoms with Gasteiger partial charge in [-0.25, -0.2) is 9.78 Å². The topological polar surface area (TPSA) is 131 Å². The van der Waals surface area contributed by atoms with Crippen LogP contribution in [0.2, 0.25) is 0 Å². The van der Waals surface area contributed by atoms with Gasteiger partial charge in [0.25, 0.3) is 0 Å². The fourth-order valence-electron chi connectivity index (χ4n) is 2.41. The van der Waals surface area contributed by atoms with Gasteiger partial charge < -0.3 is 20.6 Å². The van der Waals surface area contributed by atoms with Crippen molar-refractivity contribution in [2.75, 3.05) is 6.61 Å². The summed E-state index contributed by atoms with van der Waals surface area (Å²) in [7, 11) is 0. The highest BCUT2D eigenvalue weighted by molar-refractivity contribution is 6.04. The third-order valence-electron chi connectivity index (χ3n) is 3.65. The summed E-state index contributed by atoms with van der Waals surface area (Å²) < 4.78 is 4.96. The number of rotatable bonds is 5. The standard InChI is InChI=1S/C18H16N4O4/c1-2-26-18(25)11-7-13-14(17(24)22-16(13)21-8-11)9-20-12-5-3-4-10(6-12)15(19)23/h3-9,24H,2H2,1H3,(H2,19,23)(H,21,22). The summed E-state index contributed by atoms with van der Waals surface area (Å²) in [6.45, 7) is 1.96. The van der Waals surface area contributed by atoms with Crippen LogP contribution in [0.5, 0.6) is 5.88 Å². The largest absolute Gasteiger partial charge is 0.494 e. The van der Waals surface area contributed by atoms with Gasteiger partial charge in [0.1, 0.15) is 5.65 Å². The molecule has 0 saturated carbocycles. The van der Waals surface area contributed by atoms with Gasteiger partial charge in [-0.1, -0.05) is 6.07 Å². The van der Waals surface area contributed by atoms with E-state index in [9.17, 15) is 14.7 Å². The summed E-state index contributed by atoms with van der Waals surface area (Å²) in [5, 5.41) is 10.6. The lowest BCUT2D eigenvalue weighted by atomic mass is 10.1. The van der Waals surface area contributed by atoms with E-state index < -0.39 is 11.9 Å². The van der Waals surface area contributed by atoms with E-state index in [0.717, 1.165) is 0 Å². The molecule has 4 N–H and O–H groups in total. The summed E-state index contributed by atoms with van der Waals surface area (Å²) in [4.78, 5) is 34.2. The molecule has 0 aliphatic rings. The van der Waals surface area contributed by atoms with Gasteiger partial charge in [0.2, 0.25) is 5.91 Å². The number of primary amides is 1. The van der Waals surface area contributed by atoms with E-state index in [4.69, 9.17) is 10.5 Å². The molecule has 8 nitrogen and oxygen atoms in total. The number of aliphatic imine (C=N–C) groups is 1. The molecule has 3 rings (SSSR count). The molecular formula is C18H16N4O4. The van der Waals surface area contributed by atoms with Crippen LogP contribution >= 0.6 is 0 Å². The molecule has 0 radical (unpaired) electrons. The van der Waals surface area contributed by atoms with Crippen LogP contribution in [0.15, 0.2) is 41.5 Å². The van der Waals surface area contributed by atoms with E-state index in [1.807, 2.05) is 0 Å². The summed E-state index contributed by atoms with van der Waals surface area (Å²) in [5.41, 5.74) is 7.11. The van der Waals surface area contributed by atoms with Gasteiger partial charge in [0, 0.05) is 23.4 Å². The fraction of sp³-hybridized carbons (Fsp3) is 0.111. The molecule has 132 valence electrons. The number of esters is 1. The molecule has 0 atom stereocenters. The van der Waals surface area contributed by atoms with Crippen molar-refractivity contribution < 1.29 is 19.4 Å².